The van der Waals surface area contributed by atoms with Crippen molar-refractivity contribution in [1.29, 1.82) is 0 Å². The van der Waals surface area contributed by atoms with Crippen LogP contribution in [0.2, 0.25) is 0 Å². The third kappa shape index (κ3) is 3.24. The molecule has 2 saturated heterocycles. The summed E-state index contributed by atoms with van der Waals surface area (Å²) in [6, 6.07) is 4.38. The maximum Gasteiger partial charge on any atom is 0.306 e. The molecular formula is C18H22N2O6. The van der Waals surface area contributed by atoms with E-state index in [1.807, 2.05) is 4.90 Å². The third-order valence-electron chi connectivity index (χ3n) is 5.07. The van der Waals surface area contributed by atoms with Gasteiger partial charge >= 0.3 is 5.97 Å². The van der Waals surface area contributed by atoms with Crippen LogP contribution in [0, 0.1) is 5.92 Å². The normalized spacial score (nSPS) is 21.9. The van der Waals surface area contributed by atoms with Gasteiger partial charge in [0.25, 0.3) is 5.91 Å². The van der Waals surface area contributed by atoms with E-state index >= 15 is 0 Å². The van der Waals surface area contributed by atoms with Gasteiger partial charge in [-0.2, -0.15) is 0 Å². The zero-order valence-electron chi connectivity index (χ0n) is 14.8. The van der Waals surface area contributed by atoms with Crippen LogP contribution >= 0.6 is 0 Å². The predicted octanol–water partition coefficient (Wildman–Crippen LogP) is 1.13. The highest BCUT2D eigenvalue weighted by Crippen LogP contribution is 2.36. The molecule has 0 aromatic heterocycles. The third-order valence-corrected chi connectivity index (χ3v) is 5.07. The highest BCUT2D eigenvalue weighted by molar-refractivity contribution is 6.23. The van der Waals surface area contributed by atoms with E-state index in [1.54, 1.807) is 18.2 Å². The first kappa shape index (κ1) is 18.2. The molecule has 2 fully saturated rings. The smallest absolute Gasteiger partial charge is 0.306 e. The molecule has 2 heterocycles. The molecular weight excluding hydrogens is 340 g/mol. The van der Waals surface area contributed by atoms with Gasteiger partial charge in [-0.15, -0.1) is 0 Å². The van der Waals surface area contributed by atoms with Crippen molar-refractivity contribution in [2.75, 3.05) is 32.2 Å². The van der Waals surface area contributed by atoms with E-state index in [-0.39, 0.29) is 24.2 Å². The van der Waals surface area contributed by atoms with Gasteiger partial charge in [-0.3, -0.25) is 19.3 Å². The fourth-order valence-corrected chi connectivity index (χ4v) is 3.58. The number of likely N-dealkylation sites (tertiary alicyclic amines) is 1. The number of methoxy groups -OCH3 is 2. The monoisotopic (exact) mass is 362 g/mol. The number of imide groups is 1. The van der Waals surface area contributed by atoms with Gasteiger partial charge in [0.2, 0.25) is 5.91 Å². The van der Waals surface area contributed by atoms with Crippen molar-refractivity contribution < 1.29 is 29.0 Å². The lowest BCUT2D eigenvalue weighted by atomic mass is 9.96. The molecule has 2 aliphatic rings. The number of carboxylic acids is 1. The zero-order chi connectivity index (χ0) is 18.8. The summed E-state index contributed by atoms with van der Waals surface area (Å²) in [5.74, 6) is -0.816. The van der Waals surface area contributed by atoms with Crippen LogP contribution < -0.4 is 14.4 Å². The Kier molecular flexibility index (Phi) is 5.13. The second kappa shape index (κ2) is 7.33. The largest absolute Gasteiger partial charge is 0.497 e. The van der Waals surface area contributed by atoms with Gasteiger partial charge in [0, 0.05) is 6.07 Å². The molecule has 1 atom stereocenters. The summed E-state index contributed by atoms with van der Waals surface area (Å²) in [5, 5.41) is 9.10. The Labute approximate surface area is 151 Å². The number of amides is 2. The van der Waals surface area contributed by atoms with Crippen LogP contribution in [-0.4, -0.2) is 61.1 Å². The molecule has 26 heavy (non-hydrogen) atoms. The van der Waals surface area contributed by atoms with Crippen LogP contribution in [0.3, 0.4) is 0 Å². The van der Waals surface area contributed by atoms with Crippen LogP contribution in [0.25, 0.3) is 0 Å². The summed E-state index contributed by atoms with van der Waals surface area (Å²) in [7, 11) is 2.99. The van der Waals surface area contributed by atoms with Gasteiger partial charge in [-0.05, 0) is 38.1 Å². The van der Waals surface area contributed by atoms with Crippen LogP contribution in [0.5, 0.6) is 11.5 Å². The van der Waals surface area contributed by atoms with E-state index in [9.17, 15) is 14.4 Å². The number of carbonyl (C=O) groups is 3. The summed E-state index contributed by atoms with van der Waals surface area (Å²) < 4.78 is 10.5. The van der Waals surface area contributed by atoms with Crippen molar-refractivity contribution in [3.05, 3.63) is 18.2 Å². The number of ether oxygens (including phenoxy) is 2. The second-order valence-electron chi connectivity index (χ2n) is 6.47. The molecule has 0 saturated carbocycles. The summed E-state index contributed by atoms with van der Waals surface area (Å²) in [6.45, 7) is 0.989. The average Bonchev–Trinajstić information content (AvgIpc) is 2.95. The molecule has 8 heteroatoms. The Hall–Kier alpha value is -2.61. The van der Waals surface area contributed by atoms with E-state index in [4.69, 9.17) is 14.6 Å². The Morgan fingerprint density at radius 3 is 2.42 bits per heavy atom. The fourth-order valence-electron chi connectivity index (χ4n) is 3.58. The Morgan fingerprint density at radius 1 is 1.15 bits per heavy atom. The molecule has 0 spiro atoms. The van der Waals surface area contributed by atoms with Gasteiger partial charge in [-0.1, -0.05) is 0 Å². The molecule has 2 aliphatic heterocycles. The lowest BCUT2D eigenvalue weighted by molar-refractivity contribution is -0.143. The predicted molar refractivity (Wildman–Crippen MR) is 92.4 cm³/mol. The SMILES string of the molecule is COc1ccc(N2C(=O)C[C@H](N3CCC(C(=O)O)CC3)C2=O)c(OC)c1. The van der Waals surface area contributed by atoms with Crippen LogP contribution in [-0.2, 0) is 14.4 Å². The number of benzene rings is 1. The fraction of sp³-hybridized carbons (Fsp3) is 0.500. The first-order chi connectivity index (χ1) is 12.5. The maximum atomic E-state index is 12.9. The number of anilines is 1. The van der Waals surface area contributed by atoms with Crippen molar-refractivity contribution >= 4 is 23.5 Å². The standard InChI is InChI=1S/C18H22N2O6/c1-25-12-3-4-13(15(9-12)26-2)20-16(21)10-14(17(20)22)19-7-5-11(6-8-19)18(23)24/h3-4,9,11,14H,5-8,10H2,1-2H3,(H,23,24)/t14-/m0/s1. The Morgan fingerprint density at radius 2 is 1.85 bits per heavy atom. The van der Waals surface area contributed by atoms with Crippen molar-refractivity contribution in [3.8, 4) is 11.5 Å². The average molecular weight is 362 g/mol. The Bertz CT molecular complexity index is 726. The van der Waals surface area contributed by atoms with Crippen LogP contribution in [0.4, 0.5) is 5.69 Å². The van der Waals surface area contributed by atoms with Crippen LogP contribution in [0.1, 0.15) is 19.3 Å². The van der Waals surface area contributed by atoms with E-state index < -0.39 is 12.0 Å². The van der Waals surface area contributed by atoms with Crippen molar-refractivity contribution in [2.24, 2.45) is 5.92 Å². The molecule has 3 rings (SSSR count). The maximum absolute atomic E-state index is 12.9. The van der Waals surface area contributed by atoms with E-state index in [2.05, 4.69) is 0 Å². The van der Waals surface area contributed by atoms with Gasteiger partial charge < -0.3 is 14.6 Å². The summed E-state index contributed by atoms with van der Waals surface area (Å²) in [5.41, 5.74) is 0.395. The van der Waals surface area contributed by atoms with Crippen molar-refractivity contribution in [3.63, 3.8) is 0 Å². The molecule has 1 N–H and O–H groups in total. The first-order valence-corrected chi connectivity index (χ1v) is 8.52. The van der Waals surface area contributed by atoms with Crippen molar-refractivity contribution in [1.82, 2.24) is 4.90 Å². The quantitative estimate of drug-likeness (QED) is 0.785. The van der Waals surface area contributed by atoms with E-state index in [0.717, 1.165) is 4.90 Å². The van der Waals surface area contributed by atoms with Crippen molar-refractivity contribution in [2.45, 2.75) is 25.3 Å². The number of nitrogens with zero attached hydrogens (tertiary/aromatic N) is 2. The number of carboxylic acid groups (broad SMARTS) is 1. The lowest BCUT2D eigenvalue weighted by Crippen LogP contribution is -2.46. The van der Waals surface area contributed by atoms with Gasteiger partial charge in [0.1, 0.15) is 11.5 Å². The number of carbonyl (C=O) groups excluding carboxylic acids is 2. The highest BCUT2D eigenvalue weighted by Gasteiger charge is 2.44. The second-order valence-corrected chi connectivity index (χ2v) is 6.47. The minimum Gasteiger partial charge on any atom is -0.497 e. The van der Waals surface area contributed by atoms with Crippen LogP contribution in [0.15, 0.2) is 18.2 Å². The summed E-state index contributed by atoms with van der Waals surface area (Å²) >= 11 is 0. The first-order valence-electron chi connectivity index (χ1n) is 8.52. The molecule has 8 nitrogen and oxygen atoms in total. The molecule has 0 unspecified atom stereocenters. The molecule has 1 aromatic carbocycles. The molecule has 1 aromatic rings. The minimum absolute atomic E-state index is 0.0890. The molecule has 2 amide bonds. The number of rotatable bonds is 5. The lowest BCUT2D eigenvalue weighted by Gasteiger charge is -2.33. The number of hydrogen-bond donors (Lipinski definition) is 1. The summed E-state index contributed by atoms with van der Waals surface area (Å²) in [6.07, 6.45) is 1.06. The molecule has 140 valence electrons. The number of aliphatic carboxylic acids is 1. The van der Waals surface area contributed by atoms with Gasteiger partial charge in [-0.25, -0.2) is 4.90 Å². The van der Waals surface area contributed by atoms with E-state index in [0.29, 0.717) is 43.1 Å². The van der Waals surface area contributed by atoms with E-state index in [1.165, 1.54) is 14.2 Å². The molecule has 0 radical (unpaired) electrons. The Balaban J connectivity index is 1.79. The zero-order valence-corrected chi connectivity index (χ0v) is 14.8. The molecule has 0 aliphatic carbocycles. The number of hydrogen-bond acceptors (Lipinski definition) is 6. The van der Waals surface area contributed by atoms with Gasteiger partial charge in [0.05, 0.1) is 38.3 Å². The minimum atomic E-state index is -0.803. The molecule has 0 bridgehead atoms. The summed E-state index contributed by atoms with van der Waals surface area (Å²) in [4.78, 5) is 39.6. The highest BCUT2D eigenvalue weighted by atomic mass is 16.5. The topological polar surface area (TPSA) is 96.4 Å². The number of piperidine rings is 1. The van der Waals surface area contributed by atoms with Gasteiger partial charge in [0.15, 0.2) is 0 Å².